The zero-order chi connectivity index (χ0) is 17.7. The molecule has 9 heteroatoms. The molecule has 124 valence electrons. The molecule has 2 amide bonds. The lowest BCUT2D eigenvalue weighted by Gasteiger charge is -2.13. The van der Waals surface area contributed by atoms with Gasteiger partial charge in [0.1, 0.15) is 5.82 Å². The van der Waals surface area contributed by atoms with Gasteiger partial charge in [0.2, 0.25) is 0 Å². The van der Waals surface area contributed by atoms with E-state index in [4.69, 9.17) is 17.3 Å². The molecule has 1 aliphatic rings. The Kier molecular flexibility index (Phi) is 3.22. The van der Waals surface area contributed by atoms with Crippen LogP contribution in [-0.4, -0.2) is 25.9 Å². The smallest absolute Gasteiger partial charge is 0.262 e. The summed E-state index contributed by atoms with van der Waals surface area (Å²) in [6.45, 7) is 0. The molecule has 25 heavy (non-hydrogen) atoms. The fraction of sp³-hybridized carbons (Fsp3) is 0. The van der Waals surface area contributed by atoms with E-state index in [0.717, 1.165) is 10.6 Å². The van der Waals surface area contributed by atoms with Crippen LogP contribution < -0.4 is 16.6 Å². The first-order chi connectivity index (χ1) is 12.0. The molecular weight excluding hydrogens is 346 g/mol. The zero-order valence-corrected chi connectivity index (χ0v) is 13.3. The number of imidazole rings is 1. The number of nitrogens with zero attached hydrogens (tertiary/aromatic N) is 3. The van der Waals surface area contributed by atoms with Gasteiger partial charge >= 0.3 is 0 Å². The molecule has 0 bridgehead atoms. The maximum absolute atomic E-state index is 12.4. The summed E-state index contributed by atoms with van der Waals surface area (Å²) in [6, 6.07) is 5.98. The van der Waals surface area contributed by atoms with E-state index < -0.39 is 17.4 Å². The molecule has 0 fully saturated rings. The Morgan fingerprint density at radius 1 is 1.12 bits per heavy atom. The molecule has 1 aromatic carbocycles. The quantitative estimate of drug-likeness (QED) is 0.669. The van der Waals surface area contributed by atoms with Gasteiger partial charge in [-0.05, 0) is 18.2 Å². The number of rotatable bonds is 2. The van der Waals surface area contributed by atoms with E-state index in [1.165, 1.54) is 0 Å². The van der Waals surface area contributed by atoms with Gasteiger partial charge in [-0.15, -0.1) is 0 Å². The fourth-order valence-corrected chi connectivity index (χ4v) is 3.06. The number of imide groups is 1. The van der Waals surface area contributed by atoms with Crippen molar-refractivity contribution in [2.45, 2.75) is 0 Å². The number of nitrogens with one attached hydrogen (secondary N) is 1. The minimum absolute atomic E-state index is 0.0144. The molecule has 0 aliphatic carbocycles. The van der Waals surface area contributed by atoms with Crippen molar-refractivity contribution in [3.8, 4) is 11.4 Å². The maximum atomic E-state index is 12.4. The molecule has 0 saturated carbocycles. The molecule has 0 atom stereocenters. The van der Waals surface area contributed by atoms with E-state index in [1.807, 2.05) is 0 Å². The summed E-state index contributed by atoms with van der Waals surface area (Å²) in [5.74, 6) is -1.38. The van der Waals surface area contributed by atoms with Gasteiger partial charge in [-0.1, -0.05) is 11.6 Å². The largest absolute Gasteiger partial charge is 0.384 e. The Hall–Kier alpha value is -3.39. The van der Waals surface area contributed by atoms with E-state index in [0.29, 0.717) is 16.4 Å². The third-order valence-corrected chi connectivity index (χ3v) is 4.23. The van der Waals surface area contributed by atoms with Gasteiger partial charge in [-0.25, -0.2) is 4.98 Å². The zero-order valence-electron chi connectivity index (χ0n) is 12.6. The van der Waals surface area contributed by atoms with Crippen molar-refractivity contribution >= 4 is 29.2 Å². The normalized spacial score (nSPS) is 13.0. The van der Waals surface area contributed by atoms with E-state index in [2.05, 4.69) is 10.3 Å². The van der Waals surface area contributed by atoms with Crippen molar-refractivity contribution in [3.63, 3.8) is 0 Å². The molecule has 1 aliphatic heterocycles. The van der Waals surface area contributed by atoms with Crippen LogP contribution in [0.4, 0.5) is 5.82 Å². The number of carbonyl (C=O) groups is 2. The average Bonchev–Trinajstić information content (AvgIpc) is 3.16. The number of halogens is 1. The molecule has 0 radical (unpaired) electrons. The number of carbonyl (C=O) groups excluding carboxylic acids is 2. The molecular formula is C16H10ClN5O3. The standard InChI is InChI=1S/C16H10ClN5O3/c17-10-5-8(1-2-11(10)21-4-3-19-7-21)22-12(23)6-9-13(14(22)18)16(25)20-15(9)24/h1-7H,18H2,(H,20,24,25). The number of amides is 2. The lowest BCUT2D eigenvalue weighted by Crippen LogP contribution is -2.24. The van der Waals surface area contributed by atoms with Crippen molar-refractivity contribution in [2.75, 3.05) is 5.73 Å². The number of anilines is 1. The second-order valence-corrected chi connectivity index (χ2v) is 5.79. The van der Waals surface area contributed by atoms with Gasteiger partial charge in [0, 0.05) is 18.5 Å². The SMILES string of the molecule is Nc1c2c(cc(=O)n1-c1ccc(-n3ccnc3)c(Cl)c1)C(=O)NC2=O. The Balaban J connectivity index is 1.91. The second-order valence-electron chi connectivity index (χ2n) is 5.38. The minimum Gasteiger partial charge on any atom is -0.384 e. The summed E-state index contributed by atoms with van der Waals surface area (Å²) >= 11 is 6.31. The number of fused-ring (bicyclic) bond motifs is 1. The lowest BCUT2D eigenvalue weighted by molar-refractivity contribution is 0.0880. The average molecular weight is 356 g/mol. The third kappa shape index (κ3) is 2.23. The summed E-state index contributed by atoms with van der Waals surface area (Å²) < 4.78 is 2.85. The second kappa shape index (κ2) is 5.32. The van der Waals surface area contributed by atoms with Gasteiger partial charge < -0.3 is 10.3 Å². The number of benzene rings is 1. The highest BCUT2D eigenvalue weighted by atomic mass is 35.5. The van der Waals surface area contributed by atoms with Crippen molar-refractivity contribution in [3.05, 3.63) is 69.5 Å². The van der Waals surface area contributed by atoms with Gasteiger partial charge in [-0.2, -0.15) is 0 Å². The number of hydrogen-bond acceptors (Lipinski definition) is 5. The van der Waals surface area contributed by atoms with Crippen LogP contribution >= 0.6 is 11.6 Å². The molecule has 0 unspecified atom stereocenters. The minimum atomic E-state index is -0.635. The number of nitrogens with two attached hydrogens (primary N) is 1. The van der Waals surface area contributed by atoms with E-state index in [-0.39, 0.29) is 16.9 Å². The van der Waals surface area contributed by atoms with Crippen molar-refractivity contribution in [2.24, 2.45) is 0 Å². The van der Waals surface area contributed by atoms with Crippen LogP contribution in [-0.2, 0) is 0 Å². The van der Waals surface area contributed by atoms with Crippen LogP contribution in [0.2, 0.25) is 5.02 Å². The molecule has 0 saturated heterocycles. The number of hydrogen-bond donors (Lipinski definition) is 2. The Morgan fingerprint density at radius 3 is 2.60 bits per heavy atom. The van der Waals surface area contributed by atoms with Crippen LogP contribution in [0.3, 0.4) is 0 Å². The van der Waals surface area contributed by atoms with Gasteiger partial charge in [-0.3, -0.25) is 24.3 Å². The Bertz CT molecular complexity index is 1100. The van der Waals surface area contributed by atoms with Gasteiger partial charge in [0.05, 0.1) is 33.9 Å². The topological polar surface area (TPSA) is 112 Å². The number of nitrogen functional groups attached to an aromatic ring is 1. The molecule has 3 aromatic rings. The fourth-order valence-electron chi connectivity index (χ4n) is 2.79. The summed E-state index contributed by atoms with van der Waals surface area (Å²) in [6.07, 6.45) is 4.93. The summed E-state index contributed by atoms with van der Waals surface area (Å²) in [5, 5.41) is 2.49. The predicted molar refractivity (Wildman–Crippen MR) is 90.4 cm³/mol. The first kappa shape index (κ1) is 15.2. The number of pyridine rings is 1. The van der Waals surface area contributed by atoms with Crippen LogP contribution in [0, 0.1) is 0 Å². The molecule has 0 spiro atoms. The van der Waals surface area contributed by atoms with Crippen molar-refractivity contribution in [1.82, 2.24) is 19.4 Å². The molecule has 3 N–H and O–H groups in total. The van der Waals surface area contributed by atoms with Gasteiger partial charge in [0.25, 0.3) is 17.4 Å². The lowest BCUT2D eigenvalue weighted by atomic mass is 10.1. The highest BCUT2D eigenvalue weighted by molar-refractivity contribution is 6.32. The van der Waals surface area contributed by atoms with Crippen LogP contribution in [0.1, 0.15) is 20.7 Å². The predicted octanol–water partition coefficient (Wildman–Crippen LogP) is 1.14. The molecule has 3 heterocycles. The van der Waals surface area contributed by atoms with Crippen LogP contribution in [0.15, 0.2) is 47.8 Å². The summed E-state index contributed by atoms with van der Waals surface area (Å²) in [7, 11) is 0. The molecule has 4 rings (SSSR count). The molecule has 2 aromatic heterocycles. The highest BCUT2D eigenvalue weighted by Crippen LogP contribution is 2.27. The number of aromatic nitrogens is 3. The third-order valence-electron chi connectivity index (χ3n) is 3.93. The molecule has 8 nitrogen and oxygen atoms in total. The Morgan fingerprint density at radius 2 is 1.92 bits per heavy atom. The van der Waals surface area contributed by atoms with E-state index in [1.54, 1.807) is 41.5 Å². The van der Waals surface area contributed by atoms with Gasteiger partial charge in [0.15, 0.2) is 0 Å². The first-order valence-electron chi connectivity index (χ1n) is 7.17. The van der Waals surface area contributed by atoms with Crippen molar-refractivity contribution in [1.29, 1.82) is 0 Å². The Labute approximate surface area is 145 Å². The van der Waals surface area contributed by atoms with Crippen LogP contribution in [0.25, 0.3) is 11.4 Å². The van der Waals surface area contributed by atoms with Crippen LogP contribution in [0.5, 0.6) is 0 Å². The maximum Gasteiger partial charge on any atom is 0.262 e. The van der Waals surface area contributed by atoms with E-state index in [9.17, 15) is 14.4 Å². The van der Waals surface area contributed by atoms with Crippen molar-refractivity contribution < 1.29 is 9.59 Å². The highest BCUT2D eigenvalue weighted by Gasteiger charge is 2.31. The first-order valence-corrected chi connectivity index (χ1v) is 7.54. The van der Waals surface area contributed by atoms with E-state index >= 15 is 0 Å². The monoisotopic (exact) mass is 355 g/mol. The summed E-state index contributed by atoms with van der Waals surface area (Å²) in [5.41, 5.74) is 6.47. The summed E-state index contributed by atoms with van der Waals surface area (Å²) in [4.78, 5) is 40.0.